The summed E-state index contributed by atoms with van der Waals surface area (Å²) < 4.78 is 0. The number of hydrogen-bond donors (Lipinski definition) is 3. The number of carboxylic acids is 1. The highest BCUT2D eigenvalue weighted by Crippen LogP contribution is 2.10. The zero-order valence-electron chi connectivity index (χ0n) is 8.65. The Labute approximate surface area is 84.6 Å². The molecule has 0 saturated carbocycles. The standard InChI is InChI=1S/C10H20O4/c1-2-3-4-5-6-8(11)9(12)7-10(13)14/h8-9,11-12H,2-7H2,1H3,(H,13,14)/t8-,9+/m0/s1. The number of aliphatic hydroxyl groups is 2. The topological polar surface area (TPSA) is 77.8 Å². The zero-order chi connectivity index (χ0) is 11.0. The quantitative estimate of drug-likeness (QED) is 0.518. The van der Waals surface area contributed by atoms with Crippen molar-refractivity contribution in [1.82, 2.24) is 0 Å². The number of unbranched alkanes of at least 4 members (excludes halogenated alkanes) is 3. The van der Waals surface area contributed by atoms with Crippen molar-refractivity contribution in [1.29, 1.82) is 0 Å². The van der Waals surface area contributed by atoms with E-state index in [1.165, 1.54) is 0 Å². The van der Waals surface area contributed by atoms with E-state index >= 15 is 0 Å². The molecule has 0 fully saturated rings. The first-order valence-corrected chi connectivity index (χ1v) is 5.15. The van der Waals surface area contributed by atoms with Gasteiger partial charge in [-0.15, -0.1) is 0 Å². The largest absolute Gasteiger partial charge is 0.481 e. The molecule has 4 heteroatoms. The van der Waals surface area contributed by atoms with E-state index < -0.39 is 18.2 Å². The van der Waals surface area contributed by atoms with Gasteiger partial charge in [-0.05, 0) is 6.42 Å². The number of rotatable bonds is 8. The van der Waals surface area contributed by atoms with Crippen molar-refractivity contribution < 1.29 is 20.1 Å². The fourth-order valence-electron chi connectivity index (χ4n) is 1.29. The molecular formula is C10H20O4. The molecular weight excluding hydrogens is 184 g/mol. The third-order valence-electron chi connectivity index (χ3n) is 2.18. The summed E-state index contributed by atoms with van der Waals surface area (Å²) in [5.41, 5.74) is 0. The Hall–Kier alpha value is -0.610. The van der Waals surface area contributed by atoms with Crippen molar-refractivity contribution in [2.45, 2.75) is 57.7 Å². The van der Waals surface area contributed by atoms with E-state index in [0.717, 1.165) is 25.7 Å². The number of aliphatic hydroxyl groups excluding tert-OH is 2. The van der Waals surface area contributed by atoms with Crippen LogP contribution in [-0.2, 0) is 4.79 Å². The molecule has 14 heavy (non-hydrogen) atoms. The maximum absolute atomic E-state index is 10.2. The average molecular weight is 204 g/mol. The van der Waals surface area contributed by atoms with Crippen molar-refractivity contribution in [3.05, 3.63) is 0 Å². The highest BCUT2D eigenvalue weighted by molar-refractivity contribution is 5.67. The molecule has 0 spiro atoms. The summed E-state index contributed by atoms with van der Waals surface area (Å²) in [6.07, 6.45) is 2.16. The number of carbonyl (C=O) groups is 1. The van der Waals surface area contributed by atoms with Crippen LogP contribution in [0.4, 0.5) is 0 Å². The van der Waals surface area contributed by atoms with Crippen LogP contribution in [0, 0.1) is 0 Å². The summed E-state index contributed by atoms with van der Waals surface area (Å²) in [5, 5.41) is 26.9. The molecule has 84 valence electrons. The van der Waals surface area contributed by atoms with Crippen molar-refractivity contribution in [2.75, 3.05) is 0 Å². The molecule has 0 aliphatic heterocycles. The summed E-state index contributed by atoms with van der Waals surface area (Å²) in [4.78, 5) is 10.2. The maximum atomic E-state index is 10.2. The normalized spacial score (nSPS) is 15.1. The predicted molar refractivity (Wildman–Crippen MR) is 53.0 cm³/mol. The van der Waals surface area contributed by atoms with Crippen LogP contribution in [0.5, 0.6) is 0 Å². The molecule has 0 aromatic rings. The fraction of sp³-hybridized carbons (Fsp3) is 0.900. The second kappa shape index (κ2) is 7.76. The van der Waals surface area contributed by atoms with Crippen molar-refractivity contribution in [3.63, 3.8) is 0 Å². The van der Waals surface area contributed by atoms with Gasteiger partial charge in [-0.2, -0.15) is 0 Å². The zero-order valence-corrected chi connectivity index (χ0v) is 8.65. The second-order valence-electron chi connectivity index (χ2n) is 3.58. The van der Waals surface area contributed by atoms with Crippen LogP contribution < -0.4 is 0 Å². The number of aliphatic carboxylic acids is 1. The van der Waals surface area contributed by atoms with Crippen LogP contribution in [0.15, 0.2) is 0 Å². The lowest BCUT2D eigenvalue weighted by Gasteiger charge is -2.15. The third kappa shape index (κ3) is 6.86. The number of carboxylic acid groups (broad SMARTS) is 1. The minimum atomic E-state index is -1.13. The van der Waals surface area contributed by atoms with Gasteiger partial charge in [-0.3, -0.25) is 4.79 Å². The Bertz CT molecular complexity index is 158. The molecule has 3 N–H and O–H groups in total. The molecule has 2 atom stereocenters. The molecule has 0 unspecified atom stereocenters. The van der Waals surface area contributed by atoms with Crippen LogP contribution in [0.1, 0.15) is 45.4 Å². The van der Waals surface area contributed by atoms with E-state index in [1.807, 2.05) is 0 Å². The smallest absolute Gasteiger partial charge is 0.306 e. The summed E-state index contributed by atoms with van der Waals surface area (Å²) >= 11 is 0. The van der Waals surface area contributed by atoms with Crippen molar-refractivity contribution >= 4 is 5.97 Å². The lowest BCUT2D eigenvalue weighted by atomic mass is 10.0. The van der Waals surface area contributed by atoms with Crippen LogP contribution in [0.25, 0.3) is 0 Å². The van der Waals surface area contributed by atoms with Crippen LogP contribution in [0.2, 0.25) is 0 Å². The Morgan fingerprint density at radius 1 is 1.14 bits per heavy atom. The molecule has 0 radical (unpaired) electrons. The minimum absolute atomic E-state index is 0.380. The highest BCUT2D eigenvalue weighted by atomic mass is 16.4. The average Bonchev–Trinajstić information content (AvgIpc) is 2.11. The molecule has 0 bridgehead atoms. The van der Waals surface area contributed by atoms with E-state index in [0.29, 0.717) is 6.42 Å². The van der Waals surface area contributed by atoms with Gasteiger partial charge in [0.25, 0.3) is 0 Å². The first-order valence-electron chi connectivity index (χ1n) is 5.15. The summed E-state index contributed by atoms with van der Waals surface area (Å²) in [7, 11) is 0. The van der Waals surface area contributed by atoms with Gasteiger partial charge in [0.15, 0.2) is 0 Å². The molecule has 0 aliphatic carbocycles. The van der Waals surface area contributed by atoms with Gasteiger partial charge in [0.2, 0.25) is 0 Å². The molecule has 0 rings (SSSR count). The van der Waals surface area contributed by atoms with Crippen molar-refractivity contribution in [3.8, 4) is 0 Å². The predicted octanol–water partition coefficient (Wildman–Crippen LogP) is 1.15. The molecule has 0 heterocycles. The third-order valence-corrected chi connectivity index (χ3v) is 2.18. The first kappa shape index (κ1) is 13.4. The fourth-order valence-corrected chi connectivity index (χ4v) is 1.29. The lowest BCUT2D eigenvalue weighted by Crippen LogP contribution is -2.28. The molecule has 4 nitrogen and oxygen atoms in total. The summed E-state index contributed by atoms with van der Waals surface area (Å²) in [6, 6.07) is 0. The second-order valence-corrected chi connectivity index (χ2v) is 3.58. The molecule has 0 saturated heterocycles. The summed E-state index contributed by atoms with van der Waals surface area (Å²) in [5.74, 6) is -1.08. The molecule has 0 aromatic carbocycles. The first-order chi connectivity index (χ1) is 6.57. The number of hydrogen-bond acceptors (Lipinski definition) is 3. The van der Waals surface area contributed by atoms with Gasteiger partial charge in [-0.25, -0.2) is 0 Å². The van der Waals surface area contributed by atoms with Gasteiger partial charge in [0.05, 0.1) is 18.6 Å². The molecule has 0 aliphatic rings. The van der Waals surface area contributed by atoms with E-state index in [4.69, 9.17) is 5.11 Å². The van der Waals surface area contributed by atoms with E-state index in [-0.39, 0.29) is 6.42 Å². The van der Waals surface area contributed by atoms with E-state index in [9.17, 15) is 15.0 Å². The Morgan fingerprint density at radius 2 is 1.79 bits per heavy atom. The van der Waals surface area contributed by atoms with Gasteiger partial charge in [0, 0.05) is 0 Å². The van der Waals surface area contributed by atoms with Crippen molar-refractivity contribution in [2.24, 2.45) is 0 Å². The monoisotopic (exact) mass is 204 g/mol. The van der Waals surface area contributed by atoms with Gasteiger partial charge >= 0.3 is 5.97 Å². The van der Waals surface area contributed by atoms with Crippen LogP contribution in [-0.4, -0.2) is 33.5 Å². The Balaban J connectivity index is 3.51. The minimum Gasteiger partial charge on any atom is -0.481 e. The van der Waals surface area contributed by atoms with Gasteiger partial charge < -0.3 is 15.3 Å². The highest BCUT2D eigenvalue weighted by Gasteiger charge is 2.18. The SMILES string of the molecule is CCCCCC[C@H](O)[C@H](O)CC(=O)O. The molecule has 0 aromatic heterocycles. The lowest BCUT2D eigenvalue weighted by molar-refractivity contribution is -0.141. The summed E-state index contributed by atoms with van der Waals surface area (Å²) in [6.45, 7) is 2.09. The van der Waals surface area contributed by atoms with Gasteiger partial charge in [0.1, 0.15) is 0 Å². The van der Waals surface area contributed by atoms with Crippen LogP contribution >= 0.6 is 0 Å². The van der Waals surface area contributed by atoms with Crippen LogP contribution in [0.3, 0.4) is 0 Å². The molecule has 0 amide bonds. The van der Waals surface area contributed by atoms with E-state index in [2.05, 4.69) is 6.92 Å². The Morgan fingerprint density at radius 3 is 2.29 bits per heavy atom. The van der Waals surface area contributed by atoms with Gasteiger partial charge in [-0.1, -0.05) is 32.6 Å². The van der Waals surface area contributed by atoms with E-state index in [1.54, 1.807) is 0 Å². The Kier molecular flexibility index (Phi) is 7.42. The maximum Gasteiger partial charge on any atom is 0.306 e.